The van der Waals surface area contributed by atoms with Crippen molar-refractivity contribution in [3.05, 3.63) is 36.1 Å². The highest BCUT2D eigenvalue weighted by Crippen LogP contribution is 2.19. The van der Waals surface area contributed by atoms with E-state index in [1.54, 1.807) is 0 Å². The van der Waals surface area contributed by atoms with E-state index in [0.29, 0.717) is 25.3 Å². The number of fused-ring (bicyclic) bond motifs is 1. The summed E-state index contributed by atoms with van der Waals surface area (Å²) in [5, 5.41) is 6.42. The van der Waals surface area contributed by atoms with Gasteiger partial charge in [-0.05, 0) is 24.5 Å². The van der Waals surface area contributed by atoms with Crippen LogP contribution in [0.15, 0.2) is 34.7 Å². The normalized spacial score (nSPS) is 20.1. The number of hydrogen-bond acceptors (Lipinski definition) is 4. The van der Waals surface area contributed by atoms with Gasteiger partial charge in [0.25, 0.3) is 0 Å². The van der Waals surface area contributed by atoms with Gasteiger partial charge in [-0.15, -0.1) is 0 Å². The first-order valence-electron chi connectivity index (χ1n) is 7.21. The van der Waals surface area contributed by atoms with Crippen molar-refractivity contribution < 1.29 is 17.6 Å². The summed E-state index contributed by atoms with van der Waals surface area (Å²) in [6, 6.07) is 9.22. The molecule has 2 amide bonds. The van der Waals surface area contributed by atoms with Gasteiger partial charge < -0.3 is 15.1 Å². The molecule has 1 unspecified atom stereocenters. The van der Waals surface area contributed by atoms with Crippen LogP contribution >= 0.6 is 0 Å². The van der Waals surface area contributed by atoms with Gasteiger partial charge >= 0.3 is 6.03 Å². The molecule has 0 spiro atoms. The summed E-state index contributed by atoms with van der Waals surface area (Å²) >= 11 is 0. The van der Waals surface area contributed by atoms with E-state index in [0.717, 1.165) is 11.0 Å². The fourth-order valence-corrected chi connectivity index (χ4v) is 4.49. The SMILES string of the molecule is O=C(NCc1cc2ccccc2o1)NCC1CCS(=O)(=O)C1. The van der Waals surface area contributed by atoms with E-state index in [1.807, 2.05) is 30.3 Å². The average molecular weight is 322 g/mol. The Morgan fingerprint density at radius 2 is 2.09 bits per heavy atom. The van der Waals surface area contributed by atoms with Gasteiger partial charge in [0.05, 0.1) is 18.1 Å². The molecule has 0 saturated carbocycles. The molecule has 1 aromatic heterocycles. The predicted octanol–water partition coefficient (Wildman–Crippen LogP) is 1.67. The van der Waals surface area contributed by atoms with Gasteiger partial charge in [0.15, 0.2) is 9.84 Å². The number of carbonyl (C=O) groups excluding carboxylic acids is 1. The van der Waals surface area contributed by atoms with Crippen molar-refractivity contribution in [3.8, 4) is 0 Å². The minimum atomic E-state index is -2.90. The maximum absolute atomic E-state index is 11.7. The largest absolute Gasteiger partial charge is 0.459 e. The molecule has 3 rings (SSSR count). The molecule has 1 aromatic carbocycles. The lowest BCUT2D eigenvalue weighted by atomic mass is 10.1. The molecular formula is C15H18N2O4S. The summed E-state index contributed by atoms with van der Waals surface area (Å²) in [7, 11) is -2.90. The quantitative estimate of drug-likeness (QED) is 0.896. The fraction of sp³-hybridized carbons (Fsp3) is 0.400. The van der Waals surface area contributed by atoms with Gasteiger partial charge in [-0.1, -0.05) is 18.2 Å². The van der Waals surface area contributed by atoms with Crippen LogP contribution in [0.1, 0.15) is 12.2 Å². The second-order valence-electron chi connectivity index (χ2n) is 5.58. The van der Waals surface area contributed by atoms with Gasteiger partial charge in [0.1, 0.15) is 11.3 Å². The third kappa shape index (κ3) is 3.59. The zero-order chi connectivity index (χ0) is 15.6. The van der Waals surface area contributed by atoms with Crippen molar-refractivity contribution in [2.75, 3.05) is 18.1 Å². The number of benzene rings is 1. The molecule has 2 aromatic rings. The summed E-state index contributed by atoms with van der Waals surface area (Å²) in [5.41, 5.74) is 0.788. The number of urea groups is 1. The van der Waals surface area contributed by atoms with Crippen molar-refractivity contribution in [1.29, 1.82) is 0 Å². The lowest BCUT2D eigenvalue weighted by Gasteiger charge is -2.10. The molecule has 7 heteroatoms. The van der Waals surface area contributed by atoms with E-state index in [1.165, 1.54) is 0 Å². The summed E-state index contributed by atoms with van der Waals surface area (Å²) in [6.07, 6.45) is 0.617. The molecule has 1 aliphatic rings. The molecule has 1 saturated heterocycles. The van der Waals surface area contributed by atoms with Crippen LogP contribution in [0.3, 0.4) is 0 Å². The first kappa shape index (κ1) is 14.9. The molecule has 22 heavy (non-hydrogen) atoms. The maximum atomic E-state index is 11.7. The van der Waals surface area contributed by atoms with Crippen molar-refractivity contribution in [3.63, 3.8) is 0 Å². The lowest BCUT2D eigenvalue weighted by Crippen LogP contribution is -2.38. The summed E-state index contributed by atoms with van der Waals surface area (Å²) < 4.78 is 28.3. The number of nitrogens with one attached hydrogen (secondary N) is 2. The number of carbonyl (C=O) groups is 1. The third-order valence-corrected chi connectivity index (χ3v) is 5.61. The highest BCUT2D eigenvalue weighted by atomic mass is 32.2. The molecule has 0 aliphatic carbocycles. The first-order valence-corrected chi connectivity index (χ1v) is 9.03. The van der Waals surface area contributed by atoms with E-state index >= 15 is 0 Å². The highest BCUT2D eigenvalue weighted by Gasteiger charge is 2.27. The first-order chi connectivity index (χ1) is 10.5. The topological polar surface area (TPSA) is 88.4 Å². The zero-order valence-electron chi connectivity index (χ0n) is 12.0. The van der Waals surface area contributed by atoms with Gasteiger partial charge in [-0.25, -0.2) is 13.2 Å². The minimum absolute atomic E-state index is 0.0157. The maximum Gasteiger partial charge on any atom is 0.315 e. The molecule has 1 aliphatic heterocycles. The predicted molar refractivity (Wildman–Crippen MR) is 83.2 cm³/mol. The average Bonchev–Trinajstić information content (AvgIpc) is 3.05. The Bertz CT molecular complexity index is 749. The van der Waals surface area contributed by atoms with Gasteiger partial charge in [-0.3, -0.25) is 0 Å². The van der Waals surface area contributed by atoms with Gasteiger partial charge in [0, 0.05) is 11.9 Å². The lowest BCUT2D eigenvalue weighted by molar-refractivity contribution is 0.238. The Morgan fingerprint density at radius 1 is 1.27 bits per heavy atom. The summed E-state index contributed by atoms with van der Waals surface area (Å²) in [5.74, 6) is 1.08. The van der Waals surface area contributed by atoms with Gasteiger partial charge in [-0.2, -0.15) is 0 Å². The third-order valence-electron chi connectivity index (χ3n) is 3.78. The molecule has 2 N–H and O–H groups in total. The molecule has 0 bridgehead atoms. The van der Waals surface area contributed by atoms with Crippen LogP contribution in [0, 0.1) is 5.92 Å². The Hall–Kier alpha value is -2.02. The smallest absolute Gasteiger partial charge is 0.315 e. The molecular weight excluding hydrogens is 304 g/mol. The molecule has 0 radical (unpaired) electrons. The van der Waals surface area contributed by atoms with Crippen LogP contribution in [0.4, 0.5) is 4.79 Å². The second-order valence-corrected chi connectivity index (χ2v) is 7.81. The number of rotatable bonds is 4. The van der Waals surface area contributed by atoms with Crippen molar-refractivity contribution >= 4 is 26.8 Å². The van der Waals surface area contributed by atoms with Gasteiger partial charge in [0.2, 0.25) is 0 Å². The number of sulfone groups is 1. The molecule has 2 heterocycles. The van der Waals surface area contributed by atoms with E-state index < -0.39 is 9.84 Å². The van der Waals surface area contributed by atoms with Crippen LogP contribution in [0.5, 0.6) is 0 Å². The highest BCUT2D eigenvalue weighted by molar-refractivity contribution is 7.91. The van der Waals surface area contributed by atoms with Crippen LogP contribution < -0.4 is 10.6 Å². The van der Waals surface area contributed by atoms with Crippen LogP contribution in [-0.2, 0) is 16.4 Å². The standard InChI is InChI=1S/C15H18N2O4S/c18-15(16-8-11-5-6-22(19,20)10-11)17-9-13-7-12-3-1-2-4-14(12)21-13/h1-4,7,11H,5-6,8-10H2,(H2,16,17,18). The van der Waals surface area contributed by atoms with Crippen molar-refractivity contribution in [1.82, 2.24) is 10.6 Å². The van der Waals surface area contributed by atoms with Crippen LogP contribution in [0.25, 0.3) is 11.0 Å². The van der Waals surface area contributed by atoms with E-state index in [-0.39, 0.29) is 23.5 Å². The Balaban J connectivity index is 1.46. The Kier molecular flexibility index (Phi) is 4.06. The second kappa shape index (κ2) is 6.00. The Morgan fingerprint density at radius 3 is 2.82 bits per heavy atom. The van der Waals surface area contributed by atoms with E-state index in [2.05, 4.69) is 10.6 Å². The molecule has 118 valence electrons. The van der Waals surface area contributed by atoms with E-state index in [9.17, 15) is 13.2 Å². The number of amides is 2. The molecule has 1 fully saturated rings. The summed E-state index contributed by atoms with van der Waals surface area (Å²) in [4.78, 5) is 11.7. The molecule has 1 atom stereocenters. The van der Waals surface area contributed by atoms with Crippen molar-refractivity contribution in [2.24, 2.45) is 5.92 Å². The zero-order valence-corrected chi connectivity index (χ0v) is 12.9. The monoisotopic (exact) mass is 322 g/mol. The minimum Gasteiger partial charge on any atom is -0.459 e. The van der Waals surface area contributed by atoms with Crippen LogP contribution in [-0.4, -0.2) is 32.5 Å². The molecule has 6 nitrogen and oxygen atoms in total. The fourth-order valence-electron chi connectivity index (χ4n) is 2.62. The number of para-hydroxylation sites is 1. The summed E-state index contributed by atoms with van der Waals surface area (Å²) in [6.45, 7) is 0.675. The number of furan rings is 1. The number of hydrogen-bond donors (Lipinski definition) is 2. The van der Waals surface area contributed by atoms with Crippen molar-refractivity contribution in [2.45, 2.75) is 13.0 Å². The Labute approximate surface area is 128 Å². The van der Waals surface area contributed by atoms with Crippen LogP contribution in [0.2, 0.25) is 0 Å². The van der Waals surface area contributed by atoms with E-state index in [4.69, 9.17) is 4.42 Å².